The Hall–Kier alpha value is -2.80. The molecule has 0 radical (unpaired) electrons. The second-order valence-electron chi connectivity index (χ2n) is 7.86. The maximum atomic E-state index is 12.8. The molecule has 1 aliphatic heterocycles. The van der Waals surface area contributed by atoms with Gasteiger partial charge in [-0.25, -0.2) is 4.79 Å². The average Bonchev–Trinajstić information content (AvgIpc) is 3.13. The summed E-state index contributed by atoms with van der Waals surface area (Å²) in [5.41, 5.74) is 0.511. The topological polar surface area (TPSA) is 75.0 Å². The summed E-state index contributed by atoms with van der Waals surface area (Å²) in [7, 11) is 0. The Bertz CT molecular complexity index is 803. The van der Waals surface area contributed by atoms with Gasteiger partial charge in [-0.05, 0) is 51.1 Å². The van der Waals surface area contributed by atoms with Crippen LogP contribution in [0.3, 0.4) is 0 Å². The van der Waals surface area contributed by atoms with Crippen LogP contribution in [0.4, 0.5) is 10.5 Å². The van der Waals surface area contributed by atoms with Crippen molar-refractivity contribution in [3.8, 4) is 0 Å². The molecule has 1 aromatic heterocycles. The first-order valence-electron chi connectivity index (χ1n) is 9.44. The van der Waals surface area contributed by atoms with E-state index in [4.69, 9.17) is 9.15 Å². The van der Waals surface area contributed by atoms with Crippen molar-refractivity contribution < 1.29 is 18.7 Å². The van der Waals surface area contributed by atoms with E-state index < -0.39 is 11.7 Å². The number of anilines is 1. The van der Waals surface area contributed by atoms with E-state index >= 15 is 0 Å². The number of hydrogen-bond acceptors (Lipinski definition) is 5. The number of nitrogens with one attached hydrogen (secondary N) is 1. The average molecular weight is 385 g/mol. The van der Waals surface area contributed by atoms with E-state index in [2.05, 4.69) is 10.2 Å². The number of amides is 2. The van der Waals surface area contributed by atoms with Gasteiger partial charge in [0.05, 0.1) is 12.8 Å². The lowest BCUT2D eigenvalue weighted by atomic mass is 10.1. The molecular weight excluding hydrogens is 358 g/mol. The van der Waals surface area contributed by atoms with Gasteiger partial charge in [0.25, 0.3) is 5.91 Å². The van der Waals surface area contributed by atoms with Crippen LogP contribution in [-0.4, -0.2) is 53.6 Å². The van der Waals surface area contributed by atoms with Crippen molar-refractivity contribution in [3.05, 3.63) is 54.0 Å². The molecule has 0 aliphatic carbocycles. The van der Waals surface area contributed by atoms with E-state index in [9.17, 15) is 9.59 Å². The number of ether oxygens (including phenoxy) is 1. The summed E-state index contributed by atoms with van der Waals surface area (Å²) in [6, 6.07) is 10.8. The van der Waals surface area contributed by atoms with E-state index in [0.717, 1.165) is 25.4 Å². The van der Waals surface area contributed by atoms with Crippen molar-refractivity contribution in [2.45, 2.75) is 32.9 Å². The lowest BCUT2D eigenvalue weighted by Gasteiger charge is -2.34. The van der Waals surface area contributed by atoms with E-state index in [1.54, 1.807) is 51.3 Å². The normalized spacial score (nSPS) is 15.3. The molecule has 0 bridgehead atoms. The Morgan fingerprint density at radius 3 is 2.50 bits per heavy atom. The third kappa shape index (κ3) is 5.60. The van der Waals surface area contributed by atoms with E-state index in [1.165, 1.54) is 0 Å². The molecule has 1 saturated heterocycles. The zero-order valence-corrected chi connectivity index (χ0v) is 16.6. The Kier molecular flexibility index (Phi) is 6.04. The molecule has 2 heterocycles. The van der Waals surface area contributed by atoms with Crippen LogP contribution in [-0.2, 0) is 11.3 Å². The minimum atomic E-state index is -0.577. The van der Waals surface area contributed by atoms with Crippen molar-refractivity contribution in [2.75, 3.05) is 31.5 Å². The second kappa shape index (κ2) is 8.48. The first-order valence-corrected chi connectivity index (χ1v) is 9.44. The van der Waals surface area contributed by atoms with Crippen LogP contribution in [0.5, 0.6) is 0 Å². The third-order valence-electron chi connectivity index (χ3n) is 4.37. The number of piperazine rings is 1. The molecule has 150 valence electrons. The highest BCUT2D eigenvalue weighted by molar-refractivity contribution is 5.96. The van der Waals surface area contributed by atoms with Gasteiger partial charge in [0, 0.05) is 37.4 Å². The highest BCUT2D eigenvalue weighted by atomic mass is 16.6. The van der Waals surface area contributed by atoms with Crippen LogP contribution in [0.1, 0.15) is 36.9 Å². The predicted molar refractivity (Wildman–Crippen MR) is 106 cm³/mol. The summed E-state index contributed by atoms with van der Waals surface area (Å²) in [4.78, 5) is 28.9. The quantitative estimate of drug-likeness (QED) is 0.871. The predicted octanol–water partition coefficient (Wildman–Crippen LogP) is 3.58. The number of furan rings is 1. The van der Waals surface area contributed by atoms with Gasteiger partial charge in [0.15, 0.2) is 0 Å². The summed E-state index contributed by atoms with van der Waals surface area (Å²) in [5, 5.41) is 2.68. The molecule has 2 amide bonds. The smallest absolute Gasteiger partial charge is 0.412 e. The molecule has 2 aromatic rings. The summed E-state index contributed by atoms with van der Waals surface area (Å²) < 4.78 is 10.6. The van der Waals surface area contributed by atoms with Crippen LogP contribution in [0.2, 0.25) is 0 Å². The fourth-order valence-electron chi connectivity index (χ4n) is 3.07. The summed E-state index contributed by atoms with van der Waals surface area (Å²) in [6.07, 6.45) is 1.14. The molecule has 0 atom stereocenters. The molecule has 1 N–H and O–H groups in total. The third-order valence-corrected chi connectivity index (χ3v) is 4.37. The van der Waals surface area contributed by atoms with Crippen molar-refractivity contribution in [1.82, 2.24) is 9.80 Å². The highest BCUT2D eigenvalue weighted by Crippen LogP contribution is 2.17. The number of carbonyl (C=O) groups is 2. The van der Waals surface area contributed by atoms with E-state index in [0.29, 0.717) is 24.3 Å². The molecule has 7 nitrogen and oxygen atoms in total. The van der Waals surface area contributed by atoms with Crippen LogP contribution < -0.4 is 5.32 Å². The van der Waals surface area contributed by atoms with Crippen molar-refractivity contribution in [1.29, 1.82) is 0 Å². The summed E-state index contributed by atoms with van der Waals surface area (Å²) in [6.45, 7) is 9.07. The Balaban J connectivity index is 1.55. The first kappa shape index (κ1) is 19.9. The zero-order valence-electron chi connectivity index (χ0n) is 16.6. The van der Waals surface area contributed by atoms with Gasteiger partial charge < -0.3 is 14.1 Å². The number of benzene rings is 1. The Morgan fingerprint density at radius 2 is 1.86 bits per heavy atom. The number of rotatable bonds is 4. The fraction of sp³-hybridized carbons (Fsp3) is 0.429. The Morgan fingerprint density at radius 1 is 1.11 bits per heavy atom. The van der Waals surface area contributed by atoms with Gasteiger partial charge >= 0.3 is 6.09 Å². The summed E-state index contributed by atoms with van der Waals surface area (Å²) >= 11 is 0. The molecule has 7 heteroatoms. The fourth-order valence-corrected chi connectivity index (χ4v) is 3.07. The van der Waals surface area contributed by atoms with Gasteiger partial charge in [-0.3, -0.25) is 15.0 Å². The lowest BCUT2D eigenvalue weighted by Crippen LogP contribution is -2.48. The zero-order chi connectivity index (χ0) is 20.1. The molecule has 3 rings (SSSR count). The maximum Gasteiger partial charge on any atom is 0.412 e. The lowest BCUT2D eigenvalue weighted by molar-refractivity contribution is 0.0614. The number of carbonyl (C=O) groups excluding carboxylic acids is 2. The second-order valence-corrected chi connectivity index (χ2v) is 7.86. The van der Waals surface area contributed by atoms with Crippen LogP contribution in [0, 0.1) is 0 Å². The van der Waals surface area contributed by atoms with Crippen LogP contribution in [0.25, 0.3) is 0 Å². The summed E-state index contributed by atoms with van der Waals surface area (Å²) in [5.74, 6) is 0.895. The molecule has 1 aromatic carbocycles. The van der Waals surface area contributed by atoms with Gasteiger partial charge in [-0.2, -0.15) is 0 Å². The molecule has 1 fully saturated rings. The van der Waals surface area contributed by atoms with Crippen molar-refractivity contribution in [2.24, 2.45) is 0 Å². The first-order chi connectivity index (χ1) is 13.3. The molecule has 1 aliphatic rings. The molecule has 0 saturated carbocycles. The van der Waals surface area contributed by atoms with Gasteiger partial charge in [0.2, 0.25) is 0 Å². The SMILES string of the molecule is CC(C)(C)OC(=O)Nc1cccc(C(=O)N2CCN(Cc3ccco3)CC2)c1. The van der Waals surface area contributed by atoms with Gasteiger partial charge in [-0.15, -0.1) is 0 Å². The minimum absolute atomic E-state index is 0.0366. The van der Waals surface area contributed by atoms with Gasteiger partial charge in [0.1, 0.15) is 11.4 Å². The van der Waals surface area contributed by atoms with Crippen molar-refractivity contribution >= 4 is 17.7 Å². The van der Waals surface area contributed by atoms with E-state index in [-0.39, 0.29) is 5.91 Å². The monoisotopic (exact) mass is 385 g/mol. The molecular formula is C21H27N3O4. The molecule has 0 spiro atoms. The molecule has 28 heavy (non-hydrogen) atoms. The van der Waals surface area contributed by atoms with E-state index in [1.807, 2.05) is 17.0 Å². The van der Waals surface area contributed by atoms with Gasteiger partial charge in [-0.1, -0.05) is 6.07 Å². The van der Waals surface area contributed by atoms with Crippen molar-refractivity contribution in [3.63, 3.8) is 0 Å². The number of hydrogen-bond donors (Lipinski definition) is 1. The maximum absolute atomic E-state index is 12.8. The minimum Gasteiger partial charge on any atom is -0.468 e. The van der Waals surface area contributed by atoms with Crippen LogP contribution >= 0.6 is 0 Å². The molecule has 0 unspecified atom stereocenters. The standard InChI is InChI=1S/C21H27N3O4/c1-21(2,3)28-20(26)22-17-7-4-6-16(14-17)19(25)24-11-9-23(10-12-24)15-18-8-5-13-27-18/h4-8,13-14H,9-12,15H2,1-3H3,(H,22,26). The van der Waals surface area contributed by atoms with Crippen LogP contribution in [0.15, 0.2) is 47.1 Å². The Labute approximate surface area is 165 Å². The number of nitrogens with zero attached hydrogens (tertiary/aromatic N) is 2. The largest absolute Gasteiger partial charge is 0.468 e. The highest BCUT2D eigenvalue weighted by Gasteiger charge is 2.23.